The van der Waals surface area contributed by atoms with E-state index in [2.05, 4.69) is 0 Å². The van der Waals surface area contributed by atoms with Crippen molar-refractivity contribution in [1.29, 1.82) is 5.26 Å². The molecule has 0 aliphatic rings. The molecule has 1 atom stereocenters. The van der Waals surface area contributed by atoms with Gasteiger partial charge in [0.1, 0.15) is 5.82 Å². The number of nitriles is 1. The highest BCUT2D eigenvalue weighted by molar-refractivity contribution is 5.32. The van der Waals surface area contributed by atoms with Gasteiger partial charge in [-0.1, -0.05) is 6.07 Å². The van der Waals surface area contributed by atoms with E-state index in [1.807, 2.05) is 6.07 Å². The summed E-state index contributed by atoms with van der Waals surface area (Å²) in [7, 11) is 0. The molecule has 0 saturated carbocycles. The summed E-state index contributed by atoms with van der Waals surface area (Å²) in [5.74, 6) is -0.411. The number of nitrogens with two attached hydrogens (primary N) is 1. The molecule has 0 aliphatic heterocycles. The second kappa shape index (κ2) is 4.70. The topological polar surface area (TPSA) is 70.0 Å². The van der Waals surface area contributed by atoms with Gasteiger partial charge in [0.05, 0.1) is 25.1 Å². The van der Waals surface area contributed by atoms with Gasteiger partial charge in [0.2, 0.25) is 0 Å². The van der Waals surface area contributed by atoms with E-state index in [0.717, 1.165) is 0 Å². The molecular formula is C10H11FN2O. The normalized spacial score (nSPS) is 12.1. The van der Waals surface area contributed by atoms with Crippen LogP contribution in [0.5, 0.6) is 0 Å². The molecule has 3 nitrogen and oxygen atoms in total. The van der Waals surface area contributed by atoms with E-state index in [-0.39, 0.29) is 13.0 Å². The van der Waals surface area contributed by atoms with Crippen LogP contribution in [0.25, 0.3) is 0 Å². The van der Waals surface area contributed by atoms with Crippen molar-refractivity contribution < 1.29 is 9.50 Å². The van der Waals surface area contributed by atoms with Crippen LogP contribution in [0, 0.1) is 17.1 Å². The molecule has 0 saturated heterocycles. The molecule has 0 unspecified atom stereocenters. The summed E-state index contributed by atoms with van der Waals surface area (Å²) < 4.78 is 12.9. The number of halogens is 1. The SMILES string of the molecule is N#CCc1ccc(F)cc1[C@H](N)CO. The summed E-state index contributed by atoms with van der Waals surface area (Å²) in [4.78, 5) is 0. The van der Waals surface area contributed by atoms with Gasteiger partial charge in [0.15, 0.2) is 0 Å². The van der Waals surface area contributed by atoms with Crippen LogP contribution in [0.15, 0.2) is 18.2 Å². The zero-order chi connectivity index (χ0) is 10.6. The maximum atomic E-state index is 12.9. The van der Waals surface area contributed by atoms with Crippen molar-refractivity contribution >= 4 is 0 Å². The van der Waals surface area contributed by atoms with Crippen molar-refractivity contribution in [3.05, 3.63) is 35.1 Å². The van der Waals surface area contributed by atoms with E-state index in [9.17, 15) is 4.39 Å². The Bertz CT molecular complexity index is 360. The largest absolute Gasteiger partial charge is 0.394 e. The molecule has 0 aromatic heterocycles. The van der Waals surface area contributed by atoms with Crippen LogP contribution in [-0.4, -0.2) is 11.7 Å². The Kier molecular flexibility index (Phi) is 3.57. The Hall–Kier alpha value is -1.44. The fourth-order valence-corrected chi connectivity index (χ4v) is 1.26. The number of aliphatic hydroxyl groups is 1. The predicted molar refractivity (Wildman–Crippen MR) is 49.7 cm³/mol. The summed E-state index contributed by atoms with van der Waals surface area (Å²) in [6, 6.07) is 5.39. The lowest BCUT2D eigenvalue weighted by Crippen LogP contribution is -2.16. The molecule has 74 valence electrons. The summed E-state index contributed by atoms with van der Waals surface area (Å²) in [6.07, 6.45) is 0.170. The molecule has 1 aromatic carbocycles. The van der Waals surface area contributed by atoms with E-state index >= 15 is 0 Å². The van der Waals surface area contributed by atoms with Crippen LogP contribution < -0.4 is 5.73 Å². The maximum Gasteiger partial charge on any atom is 0.123 e. The Morgan fingerprint density at radius 3 is 2.86 bits per heavy atom. The highest BCUT2D eigenvalue weighted by atomic mass is 19.1. The number of benzene rings is 1. The van der Waals surface area contributed by atoms with Gasteiger partial charge in [0, 0.05) is 0 Å². The molecule has 0 heterocycles. The van der Waals surface area contributed by atoms with E-state index in [0.29, 0.717) is 11.1 Å². The lowest BCUT2D eigenvalue weighted by Gasteiger charge is -2.12. The second-order valence-corrected chi connectivity index (χ2v) is 2.97. The summed E-state index contributed by atoms with van der Waals surface area (Å²) >= 11 is 0. The molecule has 0 aliphatic carbocycles. The minimum Gasteiger partial charge on any atom is -0.394 e. The number of hydrogen-bond donors (Lipinski definition) is 2. The molecular weight excluding hydrogens is 183 g/mol. The van der Waals surface area contributed by atoms with Gasteiger partial charge in [-0.25, -0.2) is 4.39 Å². The lowest BCUT2D eigenvalue weighted by atomic mass is 9.99. The number of aliphatic hydroxyl groups excluding tert-OH is 1. The van der Waals surface area contributed by atoms with Crippen molar-refractivity contribution in [1.82, 2.24) is 0 Å². The third-order valence-corrected chi connectivity index (χ3v) is 1.97. The summed E-state index contributed by atoms with van der Waals surface area (Å²) in [5.41, 5.74) is 6.73. The van der Waals surface area contributed by atoms with Gasteiger partial charge in [0.25, 0.3) is 0 Å². The standard InChI is InChI=1S/C10H11FN2O/c11-8-2-1-7(3-4-12)9(5-8)10(13)6-14/h1-2,5,10,14H,3,6,13H2/t10-/m1/s1. The van der Waals surface area contributed by atoms with Gasteiger partial charge in [-0.2, -0.15) is 5.26 Å². The zero-order valence-corrected chi connectivity index (χ0v) is 7.57. The Balaban J connectivity index is 3.10. The molecule has 1 aromatic rings. The first-order chi connectivity index (χ1) is 6.69. The maximum absolute atomic E-state index is 12.9. The van der Waals surface area contributed by atoms with Crippen molar-refractivity contribution in [3.8, 4) is 6.07 Å². The molecule has 14 heavy (non-hydrogen) atoms. The van der Waals surface area contributed by atoms with Gasteiger partial charge in [-0.05, 0) is 23.3 Å². The third kappa shape index (κ3) is 2.28. The van der Waals surface area contributed by atoms with E-state index in [4.69, 9.17) is 16.1 Å². The monoisotopic (exact) mass is 194 g/mol. The highest BCUT2D eigenvalue weighted by Crippen LogP contribution is 2.17. The number of rotatable bonds is 3. The van der Waals surface area contributed by atoms with Crippen LogP contribution in [-0.2, 0) is 6.42 Å². The van der Waals surface area contributed by atoms with Crippen LogP contribution in [0.4, 0.5) is 4.39 Å². The van der Waals surface area contributed by atoms with Crippen molar-refractivity contribution in [2.24, 2.45) is 5.73 Å². The first-order valence-corrected chi connectivity index (χ1v) is 4.20. The quantitative estimate of drug-likeness (QED) is 0.750. The first kappa shape index (κ1) is 10.6. The number of hydrogen-bond acceptors (Lipinski definition) is 3. The Morgan fingerprint density at radius 2 is 2.29 bits per heavy atom. The van der Waals surface area contributed by atoms with Gasteiger partial charge in [-0.3, -0.25) is 0 Å². The third-order valence-electron chi connectivity index (χ3n) is 1.97. The van der Waals surface area contributed by atoms with Gasteiger partial charge >= 0.3 is 0 Å². The Labute approximate surface area is 81.6 Å². The molecule has 0 radical (unpaired) electrons. The zero-order valence-electron chi connectivity index (χ0n) is 7.57. The van der Waals surface area contributed by atoms with Crippen LogP contribution in [0.2, 0.25) is 0 Å². The predicted octanol–water partition coefficient (Wildman–Crippen LogP) is 0.884. The molecule has 0 spiro atoms. The lowest BCUT2D eigenvalue weighted by molar-refractivity contribution is 0.267. The smallest absolute Gasteiger partial charge is 0.123 e. The highest BCUT2D eigenvalue weighted by Gasteiger charge is 2.10. The molecule has 3 N–H and O–H groups in total. The number of nitrogens with zero attached hydrogens (tertiary/aromatic N) is 1. The van der Waals surface area contributed by atoms with E-state index in [1.54, 1.807) is 0 Å². The van der Waals surface area contributed by atoms with Crippen LogP contribution >= 0.6 is 0 Å². The fourth-order valence-electron chi connectivity index (χ4n) is 1.26. The van der Waals surface area contributed by atoms with Crippen LogP contribution in [0.3, 0.4) is 0 Å². The summed E-state index contributed by atoms with van der Waals surface area (Å²) in [5, 5.41) is 17.4. The second-order valence-electron chi connectivity index (χ2n) is 2.97. The first-order valence-electron chi connectivity index (χ1n) is 4.20. The fraction of sp³-hybridized carbons (Fsp3) is 0.300. The van der Waals surface area contributed by atoms with E-state index < -0.39 is 11.9 Å². The molecule has 0 amide bonds. The average molecular weight is 194 g/mol. The molecule has 0 bridgehead atoms. The Morgan fingerprint density at radius 1 is 1.57 bits per heavy atom. The van der Waals surface area contributed by atoms with Gasteiger partial charge in [-0.15, -0.1) is 0 Å². The minimum atomic E-state index is -0.631. The molecule has 0 fully saturated rings. The van der Waals surface area contributed by atoms with Crippen molar-refractivity contribution in [2.45, 2.75) is 12.5 Å². The van der Waals surface area contributed by atoms with Crippen molar-refractivity contribution in [3.63, 3.8) is 0 Å². The van der Waals surface area contributed by atoms with Crippen LogP contribution in [0.1, 0.15) is 17.2 Å². The molecule has 1 rings (SSSR count). The average Bonchev–Trinajstić information content (AvgIpc) is 2.20. The molecule has 4 heteroatoms. The van der Waals surface area contributed by atoms with E-state index in [1.165, 1.54) is 18.2 Å². The minimum absolute atomic E-state index is 0.170. The van der Waals surface area contributed by atoms with Gasteiger partial charge < -0.3 is 10.8 Å². The summed E-state index contributed by atoms with van der Waals surface area (Å²) in [6.45, 7) is -0.262. The van der Waals surface area contributed by atoms with Crippen molar-refractivity contribution in [2.75, 3.05) is 6.61 Å².